The van der Waals surface area contributed by atoms with Gasteiger partial charge in [-0.1, -0.05) is 11.8 Å². The van der Waals surface area contributed by atoms with Crippen molar-refractivity contribution in [2.24, 2.45) is 0 Å². The van der Waals surface area contributed by atoms with Gasteiger partial charge in [-0.05, 0) is 49.8 Å². The molecule has 0 aliphatic rings. The van der Waals surface area contributed by atoms with E-state index in [1.165, 1.54) is 11.8 Å². The van der Waals surface area contributed by atoms with Crippen LogP contribution in [0.25, 0.3) is 11.3 Å². The van der Waals surface area contributed by atoms with Crippen LogP contribution in [0.4, 0.5) is 0 Å². The Morgan fingerprint density at radius 2 is 1.96 bits per heavy atom. The predicted molar refractivity (Wildman–Crippen MR) is 96.4 cm³/mol. The van der Waals surface area contributed by atoms with Crippen LogP contribution >= 0.6 is 11.8 Å². The van der Waals surface area contributed by atoms with Crippen LogP contribution in [0.3, 0.4) is 0 Å². The van der Waals surface area contributed by atoms with Crippen molar-refractivity contribution in [2.45, 2.75) is 30.8 Å². The molecule has 0 aliphatic carbocycles. The van der Waals surface area contributed by atoms with E-state index in [2.05, 4.69) is 16.0 Å². The highest BCUT2D eigenvalue weighted by Gasteiger charge is 2.13. The first-order chi connectivity index (χ1) is 12.2. The minimum Gasteiger partial charge on any atom is -0.494 e. The SMILES string of the molecule is CSc1nc(-c2ccc(OCCCCCC#N)cc2)c(C#N)c(=O)[nH]1. The number of thioether (sulfide) groups is 1. The van der Waals surface area contributed by atoms with Crippen LogP contribution in [0, 0.1) is 22.7 Å². The molecule has 1 aromatic heterocycles. The van der Waals surface area contributed by atoms with Crippen LogP contribution in [-0.4, -0.2) is 22.8 Å². The predicted octanol–water partition coefficient (Wildman–Crippen LogP) is 3.49. The summed E-state index contributed by atoms with van der Waals surface area (Å²) in [5.41, 5.74) is 0.636. The van der Waals surface area contributed by atoms with Crippen LogP contribution in [0.1, 0.15) is 31.2 Å². The van der Waals surface area contributed by atoms with Gasteiger partial charge in [-0.25, -0.2) is 4.98 Å². The molecule has 0 spiro atoms. The number of aromatic nitrogens is 2. The smallest absolute Gasteiger partial charge is 0.270 e. The Hall–Kier alpha value is -2.77. The molecular weight excluding hydrogens is 336 g/mol. The lowest BCUT2D eigenvalue weighted by Crippen LogP contribution is -2.14. The van der Waals surface area contributed by atoms with Crippen molar-refractivity contribution in [3.05, 3.63) is 40.2 Å². The molecule has 128 valence electrons. The van der Waals surface area contributed by atoms with Gasteiger partial charge in [0.1, 0.15) is 17.4 Å². The summed E-state index contributed by atoms with van der Waals surface area (Å²) < 4.78 is 5.66. The highest BCUT2D eigenvalue weighted by molar-refractivity contribution is 7.98. The number of unbranched alkanes of at least 4 members (excludes halogenated alkanes) is 3. The molecule has 0 saturated heterocycles. The van der Waals surface area contributed by atoms with E-state index in [0.717, 1.165) is 25.0 Å². The van der Waals surface area contributed by atoms with Crippen LogP contribution in [0.5, 0.6) is 5.75 Å². The molecule has 7 heteroatoms. The maximum Gasteiger partial charge on any atom is 0.270 e. The molecule has 1 N–H and O–H groups in total. The number of rotatable bonds is 8. The molecule has 1 heterocycles. The van der Waals surface area contributed by atoms with E-state index in [4.69, 9.17) is 10.00 Å². The molecule has 0 saturated carbocycles. The molecule has 0 bridgehead atoms. The van der Waals surface area contributed by atoms with Gasteiger partial charge < -0.3 is 9.72 Å². The number of H-pyrrole nitrogens is 1. The van der Waals surface area contributed by atoms with E-state index in [1.54, 1.807) is 24.3 Å². The monoisotopic (exact) mass is 354 g/mol. The van der Waals surface area contributed by atoms with Crippen molar-refractivity contribution >= 4 is 11.8 Å². The molecule has 0 radical (unpaired) electrons. The van der Waals surface area contributed by atoms with Gasteiger partial charge in [-0.2, -0.15) is 10.5 Å². The summed E-state index contributed by atoms with van der Waals surface area (Å²) in [4.78, 5) is 18.9. The van der Waals surface area contributed by atoms with Gasteiger partial charge in [0.2, 0.25) is 0 Å². The normalized spacial score (nSPS) is 10.0. The molecule has 0 amide bonds. The maximum absolute atomic E-state index is 12.0. The molecule has 1 aromatic carbocycles. The summed E-state index contributed by atoms with van der Waals surface area (Å²) in [6.45, 7) is 0.591. The van der Waals surface area contributed by atoms with E-state index < -0.39 is 5.56 Å². The largest absolute Gasteiger partial charge is 0.494 e. The fourth-order valence-corrected chi connectivity index (χ4v) is 2.62. The van der Waals surface area contributed by atoms with Crippen LogP contribution < -0.4 is 10.3 Å². The Kier molecular flexibility index (Phi) is 7.06. The van der Waals surface area contributed by atoms with Crippen LogP contribution in [0.2, 0.25) is 0 Å². The molecular formula is C18H18N4O2S. The minimum absolute atomic E-state index is 0.00367. The molecule has 0 unspecified atom stereocenters. The third-order valence-electron chi connectivity index (χ3n) is 3.53. The van der Waals surface area contributed by atoms with Gasteiger partial charge >= 0.3 is 0 Å². The van der Waals surface area contributed by atoms with E-state index >= 15 is 0 Å². The molecule has 0 fully saturated rings. The highest BCUT2D eigenvalue weighted by atomic mass is 32.2. The Bertz CT molecular complexity index is 847. The zero-order valence-electron chi connectivity index (χ0n) is 13.9. The second-order valence-electron chi connectivity index (χ2n) is 5.25. The number of ether oxygens (including phenoxy) is 1. The third kappa shape index (κ3) is 5.10. The van der Waals surface area contributed by atoms with Gasteiger partial charge in [-0.15, -0.1) is 0 Å². The number of aromatic amines is 1. The first-order valence-corrected chi connectivity index (χ1v) is 9.10. The second-order valence-corrected chi connectivity index (χ2v) is 6.05. The van der Waals surface area contributed by atoms with Gasteiger partial charge in [-0.3, -0.25) is 4.79 Å². The molecule has 2 aromatic rings. The summed E-state index contributed by atoms with van der Waals surface area (Å²) in [7, 11) is 0. The van der Waals surface area contributed by atoms with E-state index in [9.17, 15) is 10.1 Å². The Morgan fingerprint density at radius 3 is 2.60 bits per heavy atom. The summed E-state index contributed by atoms with van der Waals surface area (Å²) in [5, 5.41) is 18.2. The number of nitrogens with zero attached hydrogens (tertiary/aromatic N) is 3. The average molecular weight is 354 g/mol. The number of nitriles is 2. The third-order valence-corrected chi connectivity index (χ3v) is 4.11. The van der Waals surface area contributed by atoms with Gasteiger partial charge in [0, 0.05) is 12.0 Å². The summed E-state index contributed by atoms with van der Waals surface area (Å²) in [6, 6.07) is 11.2. The lowest BCUT2D eigenvalue weighted by atomic mass is 10.1. The number of hydrogen-bond acceptors (Lipinski definition) is 6. The van der Waals surface area contributed by atoms with Crippen molar-refractivity contribution in [3.8, 4) is 29.1 Å². The van der Waals surface area contributed by atoms with Crippen LogP contribution in [-0.2, 0) is 0 Å². The number of benzene rings is 1. The minimum atomic E-state index is -0.436. The number of hydrogen-bond donors (Lipinski definition) is 1. The van der Waals surface area contributed by atoms with Gasteiger partial charge in [0.25, 0.3) is 5.56 Å². The van der Waals surface area contributed by atoms with E-state index in [0.29, 0.717) is 29.4 Å². The molecule has 6 nitrogen and oxygen atoms in total. The van der Waals surface area contributed by atoms with E-state index in [-0.39, 0.29) is 5.56 Å². The summed E-state index contributed by atoms with van der Waals surface area (Å²) in [6.07, 6.45) is 5.14. The second kappa shape index (κ2) is 9.51. The molecule has 25 heavy (non-hydrogen) atoms. The fraction of sp³-hybridized carbons (Fsp3) is 0.333. The number of nitrogens with one attached hydrogen (secondary N) is 1. The van der Waals surface area contributed by atoms with Crippen LogP contribution in [0.15, 0.2) is 34.2 Å². The molecule has 0 atom stereocenters. The van der Waals surface area contributed by atoms with Gasteiger partial charge in [0.05, 0.1) is 18.4 Å². The maximum atomic E-state index is 12.0. The zero-order chi connectivity index (χ0) is 18.1. The lowest BCUT2D eigenvalue weighted by Gasteiger charge is -2.08. The van der Waals surface area contributed by atoms with Crippen molar-refractivity contribution in [2.75, 3.05) is 12.9 Å². The fourth-order valence-electron chi connectivity index (χ4n) is 2.24. The van der Waals surface area contributed by atoms with Gasteiger partial charge in [0.15, 0.2) is 5.16 Å². The van der Waals surface area contributed by atoms with Crippen molar-refractivity contribution in [1.82, 2.24) is 9.97 Å². The Labute approximate surface area is 150 Å². The lowest BCUT2D eigenvalue weighted by molar-refractivity contribution is 0.305. The topological polar surface area (TPSA) is 103 Å². The molecule has 0 aliphatic heterocycles. The summed E-state index contributed by atoms with van der Waals surface area (Å²) >= 11 is 1.31. The average Bonchev–Trinajstić information content (AvgIpc) is 2.64. The first kappa shape index (κ1) is 18.6. The standard InChI is InChI=1S/C18H18N4O2S/c1-25-18-21-16(15(12-20)17(23)22-18)13-6-8-14(9-7-13)24-11-5-3-2-4-10-19/h6-9H,2-5,11H2,1H3,(H,21,22,23). The highest BCUT2D eigenvalue weighted by Crippen LogP contribution is 2.23. The van der Waals surface area contributed by atoms with Crippen molar-refractivity contribution in [3.63, 3.8) is 0 Å². The van der Waals surface area contributed by atoms with Crippen molar-refractivity contribution < 1.29 is 4.74 Å². The summed E-state index contributed by atoms with van der Waals surface area (Å²) in [5.74, 6) is 0.720. The van der Waals surface area contributed by atoms with E-state index in [1.807, 2.05) is 12.3 Å². The Morgan fingerprint density at radius 1 is 1.20 bits per heavy atom. The first-order valence-electron chi connectivity index (χ1n) is 7.88. The quantitative estimate of drug-likeness (QED) is 0.442. The van der Waals surface area contributed by atoms with Crippen molar-refractivity contribution in [1.29, 1.82) is 10.5 Å². The zero-order valence-corrected chi connectivity index (χ0v) is 14.7. The Balaban J connectivity index is 2.08. The molecule has 2 rings (SSSR count).